The summed E-state index contributed by atoms with van der Waals surface area (Å²) in [7, 11) is 0. The van der Waals surface area contributed by atoms with Crippen LogP contribution < -0.4 is 5.32 Å². The number of aryl methyl sites for hydroxylation is 2. The molecule has 0 saturated heterocycles. The topological polar surface area (TPSA) is 50.7 Å². The van der Waals surface area contributed by atoms with E-state index in [1.54, 1.807) is 6.21 Å². The maximum Gasteiger partial charge on any atom is 0.260 e. The number of rotatable bonds is 8. The van der Waals surface area contributed by atoms with Crippen LogP contribution in [0, 0.1) is 6.92 Å². The van der Waals surface area contributed by atoms with Gasteiger partial charge in [0.2, 0.25) is 0 Å². The molecule has 0 aliphatic rings. The summed E-state index contributed by atoms with van der Waals surface area (Å²) >= 11 is 0. The van der Waals surface area contributed by atoms with Crippen molar-refractivity contribution >= 4 is 12.1 Å². The van der Waals surface area contributed by atoms with Crippen LogP contribution in [0.2, 0.25) is 0 Å². The average Bonchev–Trinajstić information content (AvgIpc) is 2.59. The van der Waals surface area contributed by atoms with Crippen LogP contribution in [0.25, 0.3) is 0 Å². The molecule has 0 fully saturated rings. The van der Waals surface area contributed by atoms with E-state index in [-0.39, 0.29) is 18.6 Å². The second-order valence-corrected chi connectivity index (χ2v) is 5.86. The Morgan fingerprint density at radius 1 is 1.17 bits per heavy atom. The lowest BCUT2D eigenvalue weighted by atomic mass is 10.1. The summed E-state index contributed by atoms with van der Waals surface area (Å²) in [5.41, 5.74) is 3.37. The summed E-state index contributed by atoms with van der Waals surface area (Å²) in [4.78, 5) is 16.9. The van der Waals surface area contributed by atoms with E-state index in [1.165, 1.54) is 5.56 Å². The zero-order valence-electron chi connectivity index (χ0n) is 14.2. The van der Waals surface area contributed by atoms with Gasteiger partial charge in [0.1, 0.15) is 0 Å². The number of carbonyl (C=O) groups excluding carboxylic acids is 1. The second-order valence-electron chi connectivity index (χ2n) is 5.86. The van der Waals surface area contributed by atoms with Gasteiger partial charge in [-0.3, -0.25) is 4.79 Å². The molecule has 1 amide bonds. The first kappa shape index (κ1) is 17.7. The summed E-state index contributed by atoms with van der Waals surface area (Å²) in [5, 5.41) is 6.78. The van der Waals surface area contributed by atoms with Gasteiger partial charge in [-0.2, -0.15) is 0 Å². The predicted molar refractivity (Wildman–Crippen MR) is 97.1 cm³/mol. The number of nitrogens with zero attached hydrogens (tertiary/aromatic N) is 1. The van der Waals surface area contributed by atoms with Crippen molar-refractivity contribution < 1.29 is 9.63 Å². The maximum absolute atomic E-state index is 11.8. The Morgan fingerprint density at radius 2 is 1.88 bits per heavy atom. The zero-order chi connectivity index (χ0) is 17.2. The quantitative estimate of drug-likeness (QED) is 0.597. The summed E-state index contributed by atoms with van der Waals surface area (Å²) in [6.07, 6.45) is 3.46. The smallest absolute Gasteiger partial charge is 0.260 e. The van der Waals surface area contributed by atoms with E-state index >= 15 is 0 Å². The van der Waals surface area contributed by atoms with Gasteiger partial charge in [0.15, 0.2) is 6.61 Å². The Morgan fingerprint density at radius 3 is 2.62 bits per heavy atom. The lowest BCUT2D eigenvalue weighted by Crippen LogP contribution is -2.35. The van der Waals surface area contributed by atoms with Crippen molar-refractivity contribution in [3.05, 3.63) is 71.3 Å². The van der Waals surface area contributed by atoms with Gasteiger partial charge in [-0.1, -0.05) is 59.8 Å². The van der Waals surface area contributed by atoms with Crippen molar-refractivity contribution in [2.75, 3.05) is 6.61 Å². The summed E-state index contributed by atoms with van der Waals surface area (Å²) in [5.74, 6) is -0.155. The van der Waals surface area contributed by atoms with Gasteiger partial charge in [0, 0.05) is 6.04 Å². The van der Waals surface area contributed by atoms with Gasteiger partial charge in [-0.25, -0.2) is 0 Å². The number of carbonyl (C=O) groups is 1. The molecule has 126 valence electrons. The highest BCUT2D eigenvalue weighted by Crippen LogP contribution is 2.05. The van der Waals surface area contributed by atoms with Crippen LogP contribution in [0.15, 0.2) is 59.8 Å². The van der Waals surface area contributed by atoms with Gasteiger partial charge in [0.25, 0.3) is 5.91 Å². The molecule has 1 atom stereocenters. The molecule has 4 heteroatoms. The summed E-state index contributed by atoms with van der Waals surface area (Å²) in [6, 6.07) is 18.2. The third kappa shape index (κ3) is 6.24. The van der Waals surface area contributed by atoms with E-state index in [4.69, 9.17) is 4.84 Å². The van der Waals surface area contributed by atoms with E-state index in [9.17, 15) is 4.79 Å². The minimum absolute atomic E-state index is 0.0714. The van der Waals surface area contributed by atoms with Crippen LogP contribution in [0.4, 0.5) is 0 Å². The Kier molecular flexibility index (Phi) is 7.02. The van der Waals surface area contributed by atoms with Crippen LogP contribution in [0.3, 0.4) is 0 Å². The van der Waals surface area contributed by atoms with E-state index in [0.717, 1.165) is 24.0 Å². The number of hydrogen-bond acceptors (Lipinski definition) is 3. The van der Waals surface area contributed by atoms with E-state index in [1.807, 2.05) is 56.3 Å². The number of benzene rings is 2. The largest absolute Gasteiger partial charge is 0.386 e. The molecule has 0 spiro atoms. The molecule has 24 heavy (non-hydrogen) atoms. The van der Waals surface area contributed by atoms with Crippen molar-refractivity contribution in [1.82, 2.24) is 5.32 Å². The first-order chi connectivity index (χ1) is 11.6. The molecule has 0 bridgehead atoms. The molecule has 1 N–H and O–H groups in total. The van der Waals surface area contributed by atoms with Crippen LogP contribution >= 0.6 is 0 Å². The van der Waals surface area contributed by atoms with Crippen molar-refractivity contribution in [2.45, 2.75) is 32.7 Å². The Balaban J connectivity index is 1.66. The number of hydrogen-bond donors (Lipinski definition) is 1. The van der Waals surface area contributed by atoms with Crippen LogP contribution in [0.5, 0.6) is 0 Å². The number of oxime groups is 1. The highest BCUT2D eigenvalue weighted by Gasteiger charge is 2.07. The minimum atomic E-state index is -0.155. The third-order valence-electron chi connectivity index (χ3n) is 3.77. The molecule has 2 aromatic rings. The molecule has 0 radical (unpaired) electrons. The van der Waals surface area contributed by atoms with Gasteiger partial charge < -0.3 is 10.2 Å². The monoisotopic (exact) mass is 324 g/mol. The maximum atomic E-state index is 11.8. The van der Waals surface area contributed by atoms with Gasteiger partial charge in [-0.05, 0) is 43.4 Å². The summed E-state index contributed by atoms with van der Waals surface area (Å²) < 4.78 is 0. The third-order valence-corrected chi connectivity index (χ3v) is 3.77. The molecule has 0 aromatic heterocycles. The molecule has 0 aliphatic heterocycles. The standard InChI is InChI=1S/C20H24N2O2/c1-16-8-6-7-11-19(16)14-21-24-15-20(23)22-17(2)12-13-18-9-4-3-5-10-18/h3-11,14,17H,12-13,15H2,1-2H3,(H,22,23)/b21-14-/t17-/m0/s1. The number of nitrogens with one attached hydrogen (secondary N) is 1. The van der Waals surface area contributed by atoms with Gasteiger partial charge in [0.05, 0.1) is 6.21 Å². The fourth-order valence-electron chi connectivity index (χ4n) is 2.34. The van der Waals surface area contributed by atoms with Crippen LogP contribution in [0.1, 0.15) is 30.0 Å². The van der Waals surface area contributed by atoms with Crippen molar-refractivity contribution in [2.24, 2.45) is 5.16 Å². The zero-order valence-corrected chi connectivity index (χ0v) is 14.2. The fourth-order valence-corrected chi connectivity index (χ4v) is 2.34. The molecule has 2 aromatic carbocycles. The van der Waals surface area contributed by atoms with Crippen molar-refractivity contribution in [3.63, 3.8) is 0 Å². The highest BCUT2D eigenvalue weighted by atomic mass is 16.6. The Bertz CT molecular complexity index is 668. The molecule has 2 rings (SSSR count). The van der Waals surface area contributed by atoms with Crippen molar-refractivity contribution in [3.8, 4) is 0 Å². The lowest BCUT2D eigenvalue weighted by Gasteiger charge is -2.13. The van der Waals surface area contributed by atoms with Crippen LogP contribution in [-0.4, -0.2) is 24.8 Å². The lowest BCUT2D eigenvalue weighted by molar-refractivity contribution is -0.126. The van der Waals surface area contributed by atoms with E-state index in [0.29, 0.717) is 0 Å². The van der Waals surface area contributed by atoms with Gasteiger partial charge in [-0.15, -0.1) is 0 Å². The average molecular weight is 324 g/mol. The molecular weight excluding hydrogens is 300 g/mol. The van der Waals surface area contributed by atoms with E-state index in [2.05, 4.69) is 22.6 Å². The van der Waals surface area contributed by atoms with Gasteiger partial charge >= 0.3 is 0 Å². The molecule has 0 unspecified atom stereocenters. The van der Waals surface area contributed by atoms with Crippen LogP contribution in [-0.2, 0) is 16.1 Å². The first-order valence-electron chi connectivity index (χ1n) is 8.19. The normalized spacial score (nSPS) is 12.1. The predicted octanol–water partition coefficient (Wildman–Crippen LogP) is 3.48. The minimum Gasteiger partial charge on any atom is -0.386 e. The molecular formula is C20H24N2O2. The molecule has 0 saturated carbocycles. The summed E-state index contributed by atoms with van der Waals surface area (Å²) in [6.45, 7) is 3.93. The van der Waals surface area contributed by atoms with Crippen molar-refractivity contribution in [1.29, 1.82) is 0 Å². The number of amides is 1. The second kappa shape index (κ2) is 9.50. The highest BCUT2D eigenvalue weighted by molar-refractivity contribution is 5.81. The van der Waals surface area contributed by atoms with E-state index < -0.39 is 0 Å². The fraction of sp³-hybridized carbons (Fsp3) is 0.300. The molecule has 4 nitrogen and oxygen atoms in total. The SMILES string of the molecule is Cc1ccccc1/C=N\OCC(=O)N[C@@H](C)CCc1ccccc1. The molecule has 0 aliphatic carbocycles. The first-order valence-corrected chi connectivity index (χ1v) is 8.19. The molecule has 0 heterocycles. The Hall–Kier alpha value is -2.62. The Labute approximate surface area is 143 Å².